The Morgan fingerprint density at radius 3 is 2.60 bits per heavy atom. The second kappa shape index (κ2) is 5.25. The Balaban J connectivity index is 2.07. The molecule has 1 aliphatic rings. The molecule has 0 heterocycles. The van der Waals surface area contributed by atoms with Gasteiger partial charge < -0.3 is 15.9 Å². The molecule has 2 rings (SSSR count). The summed E-state index contributed by atoms with van der Waals surface area (Å²) in [5, 5.41) is 18.3. The van der Waals surface area contributed by atoms with Crippen molar-refractivity contribution in [3.63, 3.8) is 0 Å². The zero-order valence-electron chi connectivity index (χ0n) is 11.4. The summed E-state index contributed by atoms with van der Waals surface area (Å²) >= 11 is 0. The predicted molar refractivity (Wildman–Crippen MR) is 73.3 cm³/mol. The molecule has 20 heavy (non-hydrogen) atoms. The van der Waals surface area contributed by atoms with Gasteiger partial charge in [-0.2, -0.15) is 0 Å². The van der Waals surface area contributed by atoms with Gasteiger partial charge in [0.1, 0.15) is 5.54 Å². The normalized spacial score (nSPS) is 23.9. The minimum atomic E-state index is -1.45. The van der Waals surface area contributed by atoms with E-state index in [0.717, 1.165) is 11.1 Å². The molecular weight excluding hydrogens is 258 g/mol. The maximum Gasteiger partial charge on any atom is 0.324 e. The first-order valence-electron chi connectivity index (χ1n) is 6.65. The molecular formula is C15H19NO4. The molecule has 108 valence electrons. The van der Waals surface area contributed by atoms with Crippen LogP contribution in [-0.2, 0) is 16.0 Å². The number of aryl methyl sites for hydroxylation is 2. The molecule has 1 aliphatic carbocycles. The number of hydrogen-bond donors (Lipinski definition) is 3. The molecule has 0 amide bonds. The van der Waals surface area contributed by atoms with Crippen molar-refractivity contribution >= 4 is 11.9 Å². The number of carbonyl (C=O) groups is 2. The fraction of sp³-hybridized carbons (Fsp3) is 0.467. The van der Waals surface area contributed by atoms with Gasteiger partial charge in [0.05, 0.1) is 5.92 Å². The second-order valence-electron chi connectivity index (χ2n) is 5.62. The zero-order valence-corrected chi connectivity index (χ0v) is 11.4. The maximum atomic E-state index is 11.4. The van der Waals surface area contributed by atoms with Crippen molar-refractivity contribution in [3.8, 4) is 0 Å². The molecule has 4 N–H and O–H groups in total. The molecule has 3 atom stereocenters. The highest BCUT2D eigenvalue weighted by molar-refractivity contribution is 5.83. The van der Waals surface area contributed by atoms with Gasteiger partial charge in [0.2, 0.25) is 0 Å². The third-order valence-corrected chi connectivity index (χ3v) is 4.08. The van der Waals surface area contributed by atoms with E-state index >= 15 is 0 Å². The predicted octanol–water partition coefficient (Wildman–Crippen LogP) is 1.43. The maximum absolute atomic E-state index is 11.4. The molecule has 0 saturated heterocycles. The van der Waals surface area contributed by atoms with Gasteiger partial charge in [-0.25, -0.2) is 0 Å². The van der Waals surface area contributed by atoms with E-state index in [-0.39, 0.29) is 6.42 Å². The van der Waals surface area contributed by atoms with Gasteiger partial charge in [-0.05, 0) is 31.7 Å². The summed E-state index contributed by atoms with van der Waals surface area (Å²) in [6, 6.07) is 7.80. The van der Waals surface area contributed by atoms with Crippen molar-refractivity contribution in [1.82, 2.24) is 0 Å². The summed E-state index contributed by atoms with van der Waals surface area (Å²) < 4.78 is 0. The van der Waals surface area contributed by atoms with E-state index in [1.807, 2.05) is 31.2 Å². The van der Waals surface area contributed by atoms with Gasteiger partial charge in [0.25, 0.3) is 0 Å². The van der Waals surface area contributed by atoms with E-state index in [4.69, 9.17) is 10.8 Å². The largest absolute Gasteiger partial charge is 0.481 e. The molecule has 1 saturated carbocycles. The van der Waals surface area contributed by atoms with Crippen molar-refractivity contribution in [2.24, 2.45) is 17.6 Å². The number of aliphatic carboxylic acids is 2. The molecule has 1 aromatic rings. The Bertz CT molecular complexity index is 542. The molecule has 5 heteroatoms. The summed E-state index contributed by atoms with van der Waals surface area (Å²) in [4.78, 5) is 22.4. The molecule has 0 aliphatic heterocycles. The first-order valence-corrected chi connectivity index (χ1v) is 6.65. The first kappa shape index (κ1) is 14.5. The van der Waals surface area contributed by atoms with Gasteiger partial charge in [-0.15, -0.1) is 0 Å². The topological polar surface area (TPSA) is 101 Å². The Kier molecular flexibility index (Phi) is 3.81. The van der Waals surface area contributed by atoms with Crippen LogP contribution in [0, 0.1) is 18.8 Å². The van der Waals surface area contributed by atoms with Crippen LogP contribution >= 0.6 is 0 Å². The van der Waals surface area contributed by atoms with Crippen LogP contribution in [0.25, 0.3) is 0 Å². The van der Waals surface area contributed by atoms with Crippen LogP contribution in [0.4, 0.5) is 0 Å². The summed E-state index contributed by atoms with van der Waals surface area (Å²) in [6.07, 6.45) is 1.14. The van der Waals surface area contributed by atoms with Crippen molar-refractivity contribution in [3.05, 3.63) is 35.4 Å². The number of carboxylic acids is 2. The van der Waals surface area contributed by atoms with Crippen molar-refractivity contribution in [2.45, 2.75) is 31.7 Å². The third-order valence-electron chi connectivity index (χ3n) is 4.08. The molecule has 0 bridgehead atoms. The van der Waals surface area contributed by atoms with Gasteiger partial charge >= 0.3 is 11.9 Å². The molecule has 5 nitrogen and oxygen atoms in total. The fourth-order valence-electron chi connectivity index (χ4n) is 2.71. The summed E-state index contributed by atoms with van der Waals surface area (Å²) in [6.45, 7) is 1.97. The van der Waals surface area contributed by atoms with Crippen LogP contribution < -0.4 is 5.73 Å². The van der Waals surface area contributed by atoms with Crippen LogP contribution in [0.2, 0.25) is 0 Å². The van der Waals surface area contributed by atoms with E-state index < -0.39 is 29.3 Å². The van der Waals surface area contributed by atoms with E-state index in [1.165, 1.54) is 0 Å². The molecule has 0 radical (unpaired) electrons. The highest BCUT2D eigenvalue weighted by Crippen LogP contribution is 2.47. The fourth-order valence-corrected chi connectivity index (χ4v) is 2.71. The summed E-state index contributed by atoms with van der Waals surface area (Å²) in [5.74, 6) is -3.16. The lowest BCUT2D eigenvalue weighted by Crippen LogP contribution is -2.51. The van der Waals surface area contributed by atoms with Crippen LogP contribution in [0.5, 0.6) is 0 Å². The lowest BCUT2D eigenvalue weighted by molar-refractivity contribution is -0.145. The molecule has 1 aromatic carbocycles. The first-order chi connectivity index (χ1) is 9.34. The Labute approximate surface area is 117 Å². The molecule has 0 spiro atoms. The Morgan fingerprint density at radius 1 is 1.40 bits per heavy atom. The number of carboxylic acid groups (broad SMARTS) is 2. The van der Waals surface area contributed by atoms with Crippen molar-refractivity contribution < 1.29 is 19.8 Å². The number of rotatable bonds is 6. The van der Waals surface area contributed by atoms with Crippen LogP contribution in [0.1, 0.15) is 24.0 Å². The zero-order chi connectivity index (χ0) is 14.9. The van der Waals surface area contributed by atoms with E-state index in [2.05, 4.69) is 0 Å². The standard InChI is InChI=1S/C15H19NO4/c1-9-3-2-4-10(7-9)5-6-15(16,14(19)20)12-8-11(12)13(17)18/h2-4,7,11-12H,5-6,8,16H2,1H3,(H,17,18)(H,19,20)/t11-,12-,15?/m0/s1. The van der Waals surface area contributed by atoms with E-state index in [9.17, 15) is 14.7 Å². The van der Waals surface area contributed by atoms with Gasteiger partial charge in [0.15, 0.2) is 0 Å². The lowest BCUT2D eigenvalue weighted by Gasteiger charge is -2.25. The Morgan fingerprint density at radius 2 is 2.10 bits per heavy atom. The number of hydrogen-bond acceptors (Lipinski definition) is 3. The lowest BCUT2D eigenvalue weighted by atomic mass is 9.86. The van der Waals surface area contributed by atoms with Crippen LogP contribution in [0.15, 0.2) is 24.3 Å². The monoisotopic (exact) mass is 277 g/mol. The second-order valence-corrected chi connectivity index (χ2v) is 5.62. The molecule has 0 aromatic heterocycles. The molecule has 1 fully saturated rings. The van der Waals surface area contributed by atoms with Crippen LogP contribution in [-0.4, -0.2) is 27.7 Å². The molecule has 1 unspecified atom stereocenters. The van der Waals surface area contributed by atoms with E-state index in [1.54, 1.807) is 0 Å². The average Bonchev–Trinajstić information content (AvgIpc) is 3.16. The number of benzene rings is 1. The minimum Gasteiger partial charge on any atom is -0.481 e. The van der Waals surface area contributed by atoms with Crippen molar-refractivity contribution in [1.29, 1.82) is 0 Å². The highest BCUT2D eigenvalue weighted by Gasteiger charge is 2.57. The third kappa shape index (κ3) is 2.82. The van der Waals surface area contributed by atoms with Crippen LogP contribution in [0.3, 0.4) is 0 Å². The highest BCUT2D eigenvalue weighted by atomic mass is 16.4. The number of nitrogens with two attached hydrogens (primary N) is 1. The van der Waals surface area contributed by atoms with Gasteiger partial charge in [0, 0.05) is 5.92 Å². The van der Waals surface area contributed by atoms with Crippen molar-refractivity contribution in [2.75, 3.05) is 0 Å². The van der Waals surface area contributed by atoms with Gasteiger partial charge in [-0.1, -0.05) is 29.8 Å². The van der Waals surface area contributed by atoms with E-state index in [0.29, 0.717) is 12.8 Å². The quantitative estimate of drug-likeness (QED) is 0.730. The smallest absolute Gasteiger partial charge is 0.324 e. The summed E-state index contributed by atoms with van der Waals surface area (Å²) in [7, 11) is 0. The Hall–Kier alpha value is -1.88. The average molecular weight is 277 g/mol. The SMILES string of the molecule is Cc1cccc(CCC(N)(C(=O)O)[C@H]2C[C@@H]2C(=O)O)c1. The minimum absolute atomic E-state index is 0.250. The summed E-state index contributed by atoms with van der Waals surface area (Å²) in [5.41, 5.74) is 6.67. The van der Waals surface area contributed by atoms with Gasteiger partial charge in [-0.3, -0.25) is 9.59 Å².